The maximum absolute atomic E-state index is 13.0. The van der Waals surface area contributed by atoms with Crippen LogP contribution in [0.5, 0.6) is 0 Å². The van der Waals surface area contributed by atoms with Gasteiger partial charge < -0.3 is 0 Å². The van der Waals surface area contributed by atoms with Crippen molar-refractivity contribution in [3.05, 3.63) is 23.3 Å². The molecule has 0 spiro atoms. The molecule has 2 aromatic rings. The predicted molar refractivity (Wildman–Crippen MR) is 81.5 cm³/mol. The Hall–Kier alpha value is -1.77. The van der Waals surface area contributed by atoms with Crippen LogP contribution >= 0.6 is 11.8 Å². The van der Waals surface area contributed by atoms with Crippen molar-refractivity contribution in [2.24, 2.45) is 12.1 Å². The Labute approximate surface area is 131 Å². The van der Waals surface area contributed by atoms with E-state index in [1.165, 1.54) is 18.0 Å². The molecule has 0 bridgehead atoms. The smallest absolute Gasteiger partial charge is 0.272 e. The largest absolute Gasteiger partial charge is 0.299 e. The van der Waals surface area contributed by atoms with E-state index >= 15 is 0 Å². The first-order valence-electron chi connectivity index (χ1n) is 6.93. The first-order chi connectivity index (χ1) is 10.5. The first-order valence-corrected chi connectivity index (χ1v) is 7.92. The number of unbranched alkanes of at least 4 members (excludes halogenated alkanes) is 1. The van der Waals surface area contributed by atoms with Gasteiger partial charge >= 0.3 is 0 Å². The lowest BCUT2D eigenvalue weighted by atomic mass is 10.3. The van der Waals surface area contributed by atoms with Gasteiger partial charge in [-0.1, -0.05) is 25.1 Å². The Bertz CT molecular complexity index is 649. The van der Waals surface area contributed by atoms with Gasteiger partial charge in [0, 0.05) is 24.1 Å². The van der Waals surface area contributed by atoms with Gasteiger partial charge in [-0.15, -0.1) is 10.2 Å². The van der Waals surface area contributed by atoms with E-state index in [2.05, 4.69) is 27.3 Å². The summed E-state index contributed by atoms with van der Waals surface area (Å²) in [7, 11) is 1.81. The highest BCUT2D eigenvalue weighted by Crippen LogP contribution is 2.24. The van der Waals surface area contributed by atoms with Crippen molar-refractivity contribution >= 4 is 18.0 Å². The van der Waals surface area contributed by atoms with Gasteiger partial charge in [0.25, 0.3) is 6.43 Å². The van der Waals surface area contributed by atoms with Crippen molar-refractivity contribution < 1.29 is 8.78 Å². The Morgan fingerprint density at radius 3 is 2.77 bits per heavy atom. The average Bonchev–Trinajstić information content (AvgIpc) is 3.03. The number of thioether (sulfide) groups is 1. The summed E-state index contributed by atoms with van der Waals surface area (Å²) < 4.78 is 28.8. The summed E-state index contributed by atoms with van der Waals surface area (Å²) in [5.74, 6) is 0.344. The number of rotatable bonds is 7. The minimum Gasteiger partial charge on any atom is -0.272 e. The van der Waals surface area contributed by atoms with Gasteiger partial charge in [-0.3, -0.25) is 4.68 Å². The summed E-state index contributed by atoms with van der Waals surface area (Å²) in [5.41, 5.74) is 1.66. The maximum atomic E-state index is 13.0. The van der Waals surface area contributed by atoms with Crippen molar-refractivity contribution in [3.8, 4) is 0 Å². The van der Waals surface area contributed by atoms with Crippen LogP contribution in [0.25, 0.3) is 0 Å². The van der Waals surface area contributed by atoms with Crippen LogP contribution in [0.3, 0.4) is 0 Å². The number of halogens is 2. The molecule has 22 heavy (non-hydrogen) atoms. The number of nitrogens with zero attached hydrogens (tertiary/aromatic N) is 6. The van der Waals surface area contributed by atoms with Gasteiger partial charge in [0.15, 0.2) is 0 Å². The quantitative estimate of drug-likeness (QED) is 0.445. The molecule has 0 aliphatic heterocycles. The molecule has 9 heteroatoms. The standard InChI is InChI=1S/C13H18F2N6S/c1-4-5-6-22-13-19-18-12(11(14)15)21(13)17-8-10-7-16-20(3)9(10)2/h7-8,11H,4-6H2,1-3H3/b17-8+. The minimum atomic E-state index is -2.72. The molecule has 0 saturated heterocycles. The molecule has 0 aromatic carbocycles. The minimum absolute atomic E-state index is 0.376. The van der Waals surface area contributed by atoms with Crippen molar-refractivity contribution in [2.75, 3.05) is 5.75 Å². The third kappa shape index (κ3) is 3.70. The van der Waals surface area contributed by atoms with E-state index < -0.39 is 12.2 Å². The molecule has 120 valence electrons. The Balaban J connectivity index is 2.26. The molecule has 0 atom stereocenters. The summed E-state index contributed by atoms with van der Waals surface area (Å²) in [5, 5.41) is 15.9. The van der Waals surface area contributed by atoms with E-state index in [4.69, 9.17) is 0 Å². The van der Waals surface area contributed by atoms with Crippen LogP contribution < -0.4 is 0 Å². The molecule has 0 saturated carbocycles. The number of hydrogen-bond acceptors (Lipinski definition) is 5. The zero-order chi connectivity index (χ0) is 16.1. The summed E-state index contributed by atoms with van der Waals surface area (Å²) in [6.07, 6.45) is 2.42. The second-order valence-corrected chi connectivity index (χ2v) is 5.77. The molecule has 0 radical (unpaired) electrons. The maximum Gasteiger partial charge on any atom is 0.299 e. The van der Waals surface area contributed by atoms with Gasteiger partial charge in [0.1, 0.15) is 0 Å². The second-order valence-electron chi connectivity index (χ2n) is 4.71. The van der Waals surface area contributed by atoms with Gasteiger partial charge in [-0.2, -0.15) is 14.9 Å². The van der Waals surface area contributed by atoms with Gasteiger partial charge in [-0.25, -0.2) is 8.78 Å². The van der Waals surface area contributed by atoms with E-state index in [1.807, 2.05) is 14.0 Å². The highest BCUT2D eigenvalue weighted by Gasteiger charge is 2.20. The lowest BCUT2D eigenvalue weighted by Crippen LogP contribution is -2.01. The summed E-state index contributed by atoms with van der Waals surface area (Å²) in [6, 6.07) is 0. The molecule has 0 N–H and O–H groups in total. The molecule has 6 nitrogen and oxygen atoms in total. The van der Waals surface area contributed by atoms with Gasteiger partial charge in [-0.05, 0) is 13.3 Å². The third-order valence-electron chi connectivity index (χ3n) is 3.15. The molecule has 2 aromatic heterocycles. The van der Waals surface area contributed by atoms with Crippen molar-refractivity contribution in [1.29, 1.82) is 0 Å². The summed E-state index contributed by atoms with van der Waals surface area (Å²) in [6.45, 7) is 3.95. The van der Waals surface area contributed by atoms with Crippen LogP contribution in [0.1, 0.15) is 43.3 Å². The van der Waals surface area contributed by atoms with Crippen LogP contribution in [-0.4, -0.2) is 36.6 Å². The van der Waals surface area contributed by atoms with E-state index in [1.54, 1.807) is 10.9 Å². The van der Waals surface area contributed by atoms with E-state index in [0.29, 0.717) is 5.16 Å². The predicted octanol–water partition coefficient (Wildman–Crippen LogP) is 3.03. The molecular weight excluding hydrogens is 310 g/mol. The molecule has 0 unspecified atom stereocenters. The molecule has 0 aliphatic carbocycles. The fraction of sp³-hybridized carbons (Fsp3) is 0.538. The zero-order valence-corrected chi connectivity index (χ0v) is 13.5. The molecule has 0 amide bonds. The molecule has 2 rings (SSSR count). The normalized spacial score (nSPS) is 11.9. The van der Waals surface area contributed by atoms with E-state index in [9.17, 15) is 8.78 Å². The summed E-state index contributed by atoms with van der Waals surface area (Å²) >= 11 is 1.38. The molecule has 2 heterocycles. The average molecular weight is 328 g/mol. The van der Waals surface area contributed by atoms with Crippen LogP contribution in [0.2, 0.25) is 0 Å². The highest BCUT2D eigenvalue weighted by molar-refractivity contribution is 7.99. The number of aryl methyl sites for hydroxylation is 1. The van der Waals surface area contributed by atoms with Crippen molar-refractivity contribution in [3.63, 3.8) is 0 Å². The highest BCUT2D eigenvalue weighted by atomic mass is 32.2. The van der Waals surface area contributed by atoms with Crippen molar-refractivity contribution in [2.45, 2.75) is 38.3 Å². The molecule has 0 aliphatic rings. The topological polar surface area (TPSA) is 60.9 Å². The third-order valence-corrected chi connectivity index (χ3v) is 4.15. The first kappa shape index (κ1) is 16.6. The van der Waals surface area contributed by atoms with E-state index in [-0.39, 0.29) is 0 Å². The fourth-order valence-electron chi connectivity index (χ4n) is 1.68. The van der Waals surface area contributed by atoms with Gasteiger partial charge in [0.05, 0.1) is 12.4 Å². The monoisotopic (exact) mass is 328 g/mol. The Kier molecular flexibility index (Phi) is 5.64. The SMILES string of the molecule is CCCCSc1nnc(C(F)F)n1/N=C/c1cnn(C)c1C. The fourth-order valence-corrected chi connectivity index (χ4v) is 2.66. The van der Waals surface area contributed by atoms with Crippen LogP contribution in [0.4, 0.5) is 8.78 Å². The number of hydrogen-bond donors (Lipinski definition) is 0. The van der Waals surface area contributed by atoms with Crippen LogP contribution in [0, 0.1) is 6.92 Å². The lowest BCUT2D eigenvalue weighted by Gasteiger charge is -2.03. The number of alkyl halides is 2. The summed E-state index contributed by atoms with van der Waals surface area (Å²) in [4.78, 5) is 0. The van der Waals surface area contributed by atoms with Gasteiger partial charge in [0.2, 0.25) is 11.0 Å². The van der Waals surface area contributed by atoms with Crippen LogP contribution in [0.15, 0.2) is 16.5 Å². The zero-order valence-electron chi connectivity index (χ0n) is 12.7. The number of aromatic nitrogens is 5. The molecule has 0 fully saturated rings. The molecular formula is C13H18F2N6S. The Morgan fingerprint density at radius 1 is 1.41 bits per heavy atom. The van der Waals surface area contributed by atoms with Crippen LogP contribution in [-0.2, 0) is 7.05 Å². The van der Waals surface area contributed by atoms with E-state index in [0.717, 1.165) is 34.5 Å². The second kappa shape index (κ2) is 7.48. The lowest BCUT2D eigenvalue weighted by molar-refractivity contribution is 0.135. The Morgan fingerprint density at radius 2 is 2.18 bits per heavy atom. The van der Waals surface area contributed by atoms with Crippen molar-refractivity contribution in [1.82, 2.24) is 24.7 Å².